The van der Waals surface area contributed by atoms with E-state index in [0.29, 0.717) is 17.9 Å². The van der Waals surface area contributed by atoms with Crippen molar-refractivity contribution < 1.29 is 24.2 Å². The van der Waals surface area contributed by atoms with Crippen LogP contribution in [-0.4, -0.2) is 53.8 Å². The van der Waals surface area contributed by atoms with Crippen molar-refractivity contribution >= 4 is 11.9 Å². The van der Waals surface area contributed by atoms with E-state index in [1.165, 1.54) is 4.90 Å². The third-order valence-electron chi connectivity index (χ3n) is 3.23. The molecule has 1 saturated heterocycles. The molecule has 0 spiro atoms. The number of aliphatic carboxylic acids is 1. The molecule has 1 fully saturated rings. The lowest BCUT2D eigenvalue weighted by Crippen LogP contribution is -2.52. The Morgan fingerprint density at radius 3 is 2.68 bits per heavy atom. The Hall–Kier alpha value is -2.59. The first-order valence-electron chi connectivity index (χ1n) is 6.78. The summed E-state index contributed by atoms with van der Waals surface area (Å²) in [6, 6.07) is 8.39. The maximum atomic E-state index is 12.1. The number of hydrogen-bond acceptors (Lipinski definition) is 5. The van der Waals surface area contributed by atoms with Crippen LogP contribution in [0.25, 0.3) is 0 Å². The molecule has 1 aliphatic heterocycles. The van der Waals surface area contributed by atoms with Crippen molar-refractivity contribution in [2.45, 2.75) is 19.1 Å². The van der Waals surface area contributed by atoms with E-state index in [1.54, 1.807) is 31.2 Å². The Kier molecular flexibility index (Phi) is 4.96. The Labute approximate surface area is 127 Å². The van der Waals surface area contributed by atoms with Crippen molar-refractivity contribution in [2.24, 2.45) is 0 Å². The van der Waals surface area contributed by atoms with Gasteiger partial charge in [0.2, 0.25) is 0 Å². The van der Waals surface area contributed by atoms with Crippen LogP contribution in [0, 0.1) is 11.3 Å². The Bertz CT molecular complexity index is 593. The number of carboxylic acid groups (broad SMARTS) is 1. The number of hydrogen-bond donors (Lipinski definition) is 1. The zero-order valence-corrected chi connectivity index (χ0v) is 12.1. The summed E-state index contributed by atoms with van der Waals surface area (Å²) in [6.45, 7) is 1.87. The summed E-state index contributed by atoms with van der Waals surface area (Å²) >= 11 is 0. The second-order valence-electron chi connectivity index (χ2n) is 5.00. The van der Waals surface area contributed by atoms with Gasteiger partial charge in [-0.15, -0.1) is 0 Å². The average Bonchev–Trinajstić information content (AvgIpc) is 2.52. The van der Waals surface area contributed by atoms with Crippen molar-refractivity contribution in [2.75, 3.05) is 19.7 Å². The van der Waals surface area contributed by atoms with Crippen molar-refractivity contribution in [1.82, 2.24) is 4.90 Å². The minimum Gasteiger partial charge on any atom is -0.484 e. The second kappa shape index (κ2) is 6.91. The number of carbonyl (C=O) groups is 2. The van der Waals surface area contributed by atoms with Crippen molar-refractivity contribution in [1.29, 1.82) is 5.26 Å². The van der Waals surface area contributed by atoms with Crippen LogP contribution in [0.5, 0.6) is 5.75 Å². The average molecular weight is 304 g/mol. The molecule has 116 valence electrons. The number of amides is 1. The number of rotatable bonds is 4. The van der Waals surface area contributed by atoms with Gasteiger partial charge in [0.15, 0.2) is 12.7 Å². The summed E-state index contributed by atoms with van der Waals surface area (Å²) < 4.78 is 10.6. The predicted molar refractivity (Wildman–Crippen MR) is 75.2 cm³/mol. The molecule has 0 radical (unpaired) electrons. The van der Waals surface area contributed by atoms with E-state index in [4.69, 9.17) is 19.8 Å². The fraction of sp³-hybridized carbons (Fsp3) is 0.400. The van der Waals surface area contributed by atoms with E-state index in [9.17, 15) is 9.59 Å². The van der Waals surface area contributed by atoms with Gasteiger partial charge in [-0.3, -0.25) is 4.79 Å². The Balaban J connectivity index is 1.90. The van der Waals surface area contributed by atoms with Crippen LogP contribution in [-0.2, 0) is 14.3 Å². The third-order valence-corrected chi connectivity index (χ3v) is 3.23. The van der Waals surface area contributed by atoms with Crippen molar-refractivity contribution in [3.8, 4) is 11.8 Å². The first-order chi connectivity index (χ1) is 10.5. The molecule has 0 saturated carbocycles. The summed E-state index contributed by atoms with van der Waals surface area (Å²) in [5.41, 5.74) is 0.505. The van der Waals surface area contributed by atoms with E-state index < -0.39 is 12.1 Å². The van der Waals surface area contributed by atoms with Crippen LogP contribution < -0.4 is 4.74 Å². The second-order valence-corrected chi connectivity index (χ2v) is 5.00. The maximum Gasteiger partial charge on any atom is 0.334 e. The molecule has 22 heavy (non-hydrogen) atoms. The minimum absolute atomic E-state index is 0.00916. The van der Waals surface area contributed by atoms with Gasteiger partial charge in [0, 0.05) is 6.54 Å². The van der Waals surface area contributed by atoms with Gasteiger partial charge in [-0.2, -0.15) is 5.26 Å². The molecule has 1 N–H and O–H groups in total. The highest BCUT2D eigenvalue weighted by atomic mass is 16.5. The molecular formula is C15H16N2O5. The molecule has 0 aromatic heterocycles. The molecule has 1 unspecified atom stereocenters. The van der Waals surface area contributed by atoms with Gasteiger partial charge in [-0.1, -0.05) is 0 Å². The molecule has 1 aromatic rings. The zero-order chi connectivity index (χ0) is 16.1. The highest BCUT2D eigenvalue weighted by Crippen LogP contribution is 2.14. The van der Waals surface area contributed by atoms with Crippen LogP contribution in [0.1, 0.15) is 12.5 Å². The maximum absolute atomic E-state index is 12.1. The van der Waals surface area contributed by atoms with Crippen LogP contribution in [0.15, 0.2) is 24.3 Å². The highest BCUT2D eigenvalue weighted by molar-refractivity contribution is 5.80. The third kappa shape index (κ3) is 3.96. The fourth-order valence-corrected chi connectivity index (χ4v) is 2.15. The highest BCUT2D eigenvalue weighted by Gasteiger charge is 2.32. The lowest BCUT2D eigenvalue weighted by atomic mass is 10.2. The summed E-state index contributed by atoms with van der Waals surface area (Å²) in [7, 11) is 0. The molecule has 0 aliphatic carbocycles. The summed E-state index contributed by atoms with van der Waals surface area (Å²) in [4.78, 5) is 24.5. The molecule has 2 atom stereocenters. The quantitative estimate of drug-likeness (QED) is 0.876. The number of nitriles is 1. The topological polar surface area (TPSA) is 99.9 Å². The zero-order valence-electron chi connectivity index (χ0n) is 12.1. The minimum atomic E-state index is -1.09. The van der Waals surface area contributed by atoms with E-state index >= 15 is 0 Å². The molecule has 1 aliphatic rings. The molecule has 0 bridgehead atoms. The van der Waals surface area contributed by atoms with Crippen LogP contribution >= 0.6 is 0 Å². The number of carboxylic acids is 1. The molecule has 7 nitrogen and oxygen atoms in total. The van der Waals surface area contributed by atoms with Gasteiger partial charge >= 0.3 is 5.97 Å². The lowest BCUT2D eigenvalue weighted by molar-refractivity contribution is -0.167. The molecule has 1 heterocycles. The Morgan fingerprint density at radius 2 is 2.09 bits per heavy atom. The molecule has 1 amide bonds. The van der Waals surface area contributed by atoms with Crippen LogP contribution in [0.4, 0.5) is 0 Å². The van der Waals surface area contributed by atoms with Gasteiger partial charge in [-0.05, 0) is 31.2 Å². The molecular weight excluding hydrogens is 288 g/mol. The number of carbonyl (C=O) groups excluding carboxylic acids is 1. The van der Waals surface area contributed by atoms with Crippen LogP contribution in [0.2, 0.25) is 0 Å². The van der Waals surface area contributed by atoms with Crippen molar-refractivity contribution in [3.63, 3.8) is 0 Å². The fourth-order valence-electron chi connectivity index (χ4n) is 2.15. The van der Waals surface area contributed by atoms with Crippen molar-refractivity contribution in [3.05, 3.63) is 29.8 Å². The number of benzene rings is 1. The van der Waals surface area contributed by atoms with E-state index in [-0.39, 0.29) is 25.2 Å². The first-order valence-corrected chi connectivity index (χ1v) is 6.78. The van der Waals surface area contributed by atoms with E-state index in [2.05, 4.69) is 0 Å². The normalized spacial score (nSPS) is 21.0. The van der Waals surface area contributed by atoms with Crippen LogP contribution in [0.3, 0.4) is 0 Å². The van der Waals surface area contributed by atoms with Gasteiger partial charge in [0.05, 0.1) is 24.3 Å². The molecule has 7 heteroatoms. The monoisotopic (exact) mass is 304 g/mol. The summed E-state index contributed by atoms with van der Waals surface area (Å²) in [5, 5.41) is 17.7. The largest absolute Gasteiger partial charge is 0.484 e. The lowest BCUT2D eigenvalue weighted by Gasteiger charge is -2.34. The number of ether oxygens (including phenoxy) is 2. The smallest absolute Gasteiger partial charge is 0.334 e. The number of nitrogens with zero attached hydrogens (tertiary/aromatic N) is 2. The summed E-state index contributed by atoms with van der Waals surface area (Å²) in [6.07, 6.45) is -1.35. The predicted octanol–water partition coefficient (Wildman–Crippen LogP) is 0.638. The first kappa shape index (κ1) is 15.8. The van der Waals surface area contributed by atoms with Gasteiger partial charge in [0.1, 0.15) is 5.75 Å². The van der Waals surface area contributed by atoms with Gasteiger partial charge in [0.25, 0.3) is 5.91 Å². The van der Waals surface area contributed by atoms with E-state index in [1.807, 2.05) is 6.07 Å². The Morgan fingerprint density at radius 1 is 1.41 bits per heavy atom. The van der Waals surface area contributed by atoms with Gasteiger partial charge in [-0.25, -0.2) is 4.79 Å². The molecule has 1 aromatic carbocycles. The SMILES string of the molecule is C[C@@H]1CN(C(=O)COc2ccc(C#N)cc2)CC(C(=O)O)O1. The molecule has 2 rings (SSSR count). The summed E-state index contributed by atoms with van der Waals surface area (Å²) in [5.74, 6) is -0.911. The standard InChI is InChI=1S/C15H16N2O5/c1-10-7-17(8-13(22-10)15(19)20)14(18)9-21-12-4-2-11(6-16)3-5-12/h2-5,10,13H,7-9H2,1H3,(H,19,20)/t10-,13?/m1/s1. The van der Waals surface area contributed by atoms with E-state index in [0.717, 1.165) is 0 Å². The van der Waals surface area contributed by atoms with Gasteiger partial charge < -0.3 is 19.5 Å². The number of morpholine rings is 1.